The molecule has 4 heteroatoms. The van der Waals surface area contributed by atoms with Gasteiger partial charge in [0, 0.05) is 17.1 Å². The molecule has 0 aliphatic carbocycles. The molecule has 0 unspecified atom stereocenters. The Kier molecular flexibility index (Phi) is 5.07. The monoisotopic (exact) mass is 286 g/mol. The molecule has 0 aromatic heterocycles. The van der Waals surface area contributed by atoms with Crippen LogP contribution in [-0.2, 0) is 11.3 Å². The van der Waals surface area contributed by atoms with Crippen LogP contribution in [0.1, 0.15) is 11.1 Å². The van der Waals surface area contributed by atoms with Gasteiger partial charge in [0.05, 0.1) is 5.75 Å². The van der Waals surface area contributed by atoms with Gasteiger partial charge in [-0.2, -0.15) is 0 Å². The second-order valence-electron chi connectivity index (χ2n) is 4.52. The van der Waals surface area contributed by atoms with Crippen molar-refractivity contribution in [3.8, 4) is 0 Å². The third kappa shape index (κ3) is 4.03. The number of rotatable bonds is 5. The number of carbonyl (C=O) groups is 1. The number of benzene rings is 2. The van der Waals surface area contributed by atoms with Gasteiger partial charge in [-0.15, -0.1) is 11.8 Å². The smallest absolute Gasteiger partial charge is 0.230 e. The van der Waals surface area contributed by atoms with E-state index in [1.54, 1.807) is 0 Å². The molecule has 2 aromatic rings. The van der Waals surface area contributed by atoms with Crippen molar-refractivity contribution in [1.29, 1.82) is 0 Å². The van der Waals surface area contributed by atoms with Gasteiger partial charge < -0.3 is 11.1 Å². The molecule has 3 N–H and O–H groups in total. The first-order valence-corrected chi connectivity index (χ1v) is 7.44. The summed E-state index contributed by atoms with van der Waals surface area (Å²) in [5.41, 5.74) is 8.75. The van der Waals surface area contributed by atoms with Crippen LogP contribution >= 0.6 is 11.8 Å². The largest absolute Gasteiger partial charge is 0.398 e. The average Bonchev–Trinajstić information content (AvgIpc) is 2.48. The summed E-state index contributed by atoms with van der Waals surface area (Å²) < 4.78 is 0. The molecule has 0 spiro atoms. The lowest BCUT2D eigenvalue weighted by Gasteiger charge is -2.08. The minimum atomic E-state index is 0.0284. The van der Waals surface area contributed by atoms with Gasteiger partial charge in [0.25, 0.3) is 0 Å². The molecule has 0 aliphatic heterocycles. The summed E-state index contributed by atoms with van der Waals surface area (Å²) in [5, 5.41) is 2.91. The van der Waals surface area contributed by atoms with Crippen LogP contribution in [0.5, 0.6) is 0 Å². The molecule has 2 aromatic carbocycles. The molecule has 0 aliphatic rings. The molecule has 0 radical (unpaired) electrons. The molecule has 0 heterocycles. The fourth-order valence-electron chi connectivity index (χ4n) is 1.78. The van der Waals surface area contributed by atoms with Crippen LogP contribution in [0.3, 0.4) is 0 Å². The van der Waals surface area contributed by atoms with E-state index in [2.05, 4.69) is 5.32 Å². The Morgan fingerprint density at radius 2 is 1.90 bits per heavy atom. The molecular formula is C16H18N2OS. The predicted octanol–water partition coefficient (Wildman–Crippen LogP) is 2.99. The number of hydrogen-bond acceptors (Lipinski definition) is 3. The van der Waals surface area contributed by atoms with Crippen LogP contribution in [0.15, 0.2) is 53.4 Å². The second-order valence-corrected chi connectivity index (χ2v) is 5.54. The van der Waals surface area contributed by atoms with E-state index < -0.39 is 0 Å². The summed E-state index contributed by atoms with van der Waals surface area (Å²) in [6, 6.07) is 15.6. The van der Waals surface area contributed by atoms with Crippen LogP contribution in [0, 0.1) is 6.92 Å². The standard InChI is InChI=1S/C16H18N2OS/c1-12-14(17)8-5-9-15(12)20-11-16(19)18-10-13-6-3-2-4-7-13/h2-9H,10-11,17H2,1H3,(H,18,19). The van der Waals surface area contributed by atoms with Gasteiger partial charge in [-0.05, 0) is 30.2 Å². The molecule has 0 atom stereocenters. The fourth-order valence-corrected chi connectivity index (χ4v) is 2.68. The van der Waals surface area contributed by atoms with Gasteiger partial charge in [0.1, 0.15) is 0 Å². The molecule has 3 nitrogen and oxygen atoms in total. The number of thioether (sulfide) groups is 1. The first-order valence-electron chi connectivity index (χ1n) is 6.45. The lowest BCUT2D eigenvalue weighted by molar-refractivity contribution is -0.118. The Bertz CT molecular complexity index is 584. The number of nitrogen functional groups attached to an aromatic ring is 1. The summed E-state index contributed by atoms with van der Waals surface area (Å²) in [5.74, 6) is 0.428. The Hall–Kier alpha value is -1.94. The Balaban J connectivity index is 1.82. The number of amides is 1. The maximum absolute atomic E-state index is 11.8. The van der Waals surface area contributed by atoms with E-state index in [9.17, 15) is 4.79 Å². The molecule has 0 saturated heterocycles. The van der Waals surface area contributed by atoms with Crippen molar-refractivity contribution in [2.24, 2.45) is 0 Å². The number of hydrogen-bond donors (Lipinski definition) is 2. The number of anilines is 1. The van der Waals surface area contributed by atoms with Crippen LogP contribution in [-0.4, -0.2) is 11.7 Å². The lowest BCUT2D eigenvalue weighted by atomic mass is 10.2. The molecule has 0 fully saturated rings. The summed E-state index contributed by atoms with van der Waals surface area (Å²) >= 11 is 1.51. The highest BCUT2D eigenvalue weighted by Gasteiger charge is 2.06. The van der Waals surface area contributed by atoms with Gasteiger partial charge in [-0.3, -0.25) is 4.79 Å². The zero-order valence-corrected chi connectivity index (χ0v) is 12.2. The van der Waals surface area contributed by atoms with E-state index in [1.165, 1.54) is 11.8 Å². The van der Waals surface area contributed by atoms with Crippen LogP contribution in [0.2, 0.25) is 0 Å². The van der Waals surface area contributed by atoms with Gasteiger partial charge in [0.2, 0.25) is 5.91 Å². The maximum atomic E-state index is 11.8. The fraction of sp³-hybridized carbons (Fsp3) is 0.188. The molecule has 104 valence electrons. The molecule has 1 amide bonds. The third-order valence-corrected chi connectivity index (χ3v) is 4.18. The van der Waals surface area contributed by atoms with E-state index in [0.717, 1.165) is 21.7 Å². The summed E-state index contributed by atoms with van der Waals surface area (Å²) in [4.78, 5) is 12.9. The Morgan fingerprint density at radius 1 is 1.15 bits per heavy atom. The molecular weight excluding hydrogens is 268 g/mol. The van der Waals surface area contributed by atoms with Crippen molar-refractivity contribution in [3.63, 3.8) is 0 Å². The van der Waals surface area contributed by atoms with Crippen molar-refractivity contribution < 1.29 is 4.79 Å². The van der Waals surface area contributed by atoms with Crippen molar-refractivity contribution in [2.75, 3.05) is 11.5 Å². The topological polar surface area (TPSA) is 55.1 Å². The van der Waals surface area contributed by atoms with E-state index in [-0.39, 0.29) is 5.91 Å². The van der Waals surface area contributed by atoms with Gasteiger partial charge in [-0.25, -0.2) is 0 Å². The normalized spacial score (nSPS) is 10.2. The van der Waals surface area contributed by atoms with Gasteiger partial charge in [0.15, 0.2) is 0 Å². The van der Waals surface area contributed by atoms with Crippen LogP contribution in [0.25, 0.3) is 0 Å². The Labute approximate surface area is 123 Å². The van der Waals surface area contributed by atoms with Crippen LogP contribution < -0.4 is 11.1 Å². The zero-order valence-electron chi connectivity index (χ0n) is 11.4. The zero-order chi connectivity index (χ0) is 14.4. The van der Waals surface area contributed by atoms with Crippen molar-refractivity contribution >= 4 is 23.4 Å². The highest BCUT2D eigenvalue weighted by molar-refractivity contribution is 8.00. The van der Waals surface area contributed by atoms with E-state index in [4.69, 9.17) is 5.73 Å². The third-order valence-electron chi connectivity index (χ3n) is 3.02. The number of nitrogens with one attached hydrogen (secondary N) is 1. The van der Waals surface area contributed by atoms with Crippen LogP contribution in [0.4, 0.5) is 5.69 Å². The van der Waals surface area contributed by atoms with Gasteiger partial charge in [-0.1, -0.05) is 36.4 Å². The minimum absolute atomic E-state index is 0.0284. The molecule has 0 saturated carbocycles. The number of carbonyl (C=O) groups excluding carboxylic acids is 1. The van der Waals surface area contributed by atoms with E-state index >= 15 is 0 Å². The summed E-state index contributed by atoms with van der Waals surface area (Å²) in [6.45, 7) is 2.54. The maximum Gasteiger partial charge on any atom is 0.230 e. The van der Waals surface area contributed by atoms with Gasteiger partial charge >= 0.3 is 0 Å². The second kappa shape index (κ2) is 7.01. The molecule has 2 rings (SSSR count). The van der Waals surface area contributed by atoms with E-state index in [1.807, 2.05) is 55.5 Å². The Morgan fingerprint density at radius 3 is 2.65 bits per heavy atom. The first-order chi connectivity index (χ1) is 9.66. The lowest BCUT2D eigenvalue weighted by Crippen LogP contribution is -2.24. The molecule has 0 bridgehead atoms. The summed E-state index contributed by atoms with van der Waals surface area (Å²) in [7, 11) is 0. The first kappa shape index (κ1) is 14.5. The minimum Gasteiger partial charge on any atom is -0.398 e. The van der Waals surface area contributed by atoms with Crippen molar-refractivity contribution in [2.45, 2.75) is 18.4 Å². The predicted molar refractivity (Wildman–Crippen MR) is 84.6 cm³/mol. The quantitative estimate of drug-likeness (QED) is 0.656. The highest BCUT2D eigenvalue weighted by atomic mass is 32.2. The van der Waals surface area contributed by atoms with Crippen molar-refractivity contribution in [1.82, 2.24) is 5.32 Å². The SMILES string of the molecule is Cc1c(N)cccc1SCC(=O)NCc1ccccc1. The summed E-state index contributed by atoms with van der Waals surface area (Å²) in [6.07, 6.45) is 0. The number of nitrogens with two attached hydrogens (primary N) is 1. The van der Waals surface area contributed by atoms with E-state index in [0.29, 0.717) is 12.3 Å². The highest BCUT2D eigenvalue weighted by Crippen LogP contribution is 2.25. The molecule has 20 heavy (non-hydrogen) atoms. The average molecular weight is 286 g/mol. The van der Waals surface area contributed by atoms with Crippen molar-refractivity contribution in [3.05, 3.63) is 59.7 Å².